The topological polar surface area (TPSA) is 90.7 Å². The zero-order valence-electron chi connectivity index (χ0n) is 16.1. The summed E-state index contributed by atoms with van der Waals surface area (Å²) in [6.07, 6.45) is 0.173. The van der Waals surface area contributed by atoms with Gasteiger partial charge in [0.1, 0.15) is 5.75 Å². The Balaban J connectivity index is 2.31. The third-order valence-electron chi connectivity index (χ3n) is 4.03. The number of hydrogen-bond donors (Lipinski definition) is 0. The molecule has 0 aromatic heterocycles. The van der Waals surface area contributed by atoms with Crippen molar-refractivity contribution in [2.24, 2.45) is 0 Å². The summed E-state index contributed by atoms with van der Waals surface area (Å²) < 4.78 is 30.9. The number of nitriles is 1. The van der Waals surface area contributed by atoms with Crippen molar-refractivity contribution >= 4 is 21.6 Å². The van der Waals surface area contributed by atoms with Gasteiger partial charge in [-0.25, -0.2) is 12.7 Å². The molecule has 0 saturated carbocycles. The molecule has 28 heavy (non-hydrogen) atoms. The molecule has 0 N–H and O–H groups in total. The Morgan fingerprint density at radius 3 is 2.18 bits per heavy atom. The second-order valence-corrected chi connectivity index (χ2v) is 8.26. The van der Waals surface area contributed by atoms with Gasteiger partial charge in [0.15, 0.2) is 0 Å². The van der Waals surface area contributed by atoms with Gasteiger partial charge in [-0.2, -0.15) is 5.26 Å². The molecule has 0 atom stereocenters. The Hall–Kier alpha value is -2.89. The van der Waals surface area contributed by atoms with Gasteiger partial charge in [0.25, 0.3) is 5.91 Å². The smallest absolute Gasteiger partial charge is 0.258 e. The minimum atomic E-state index is -3.56. The van der Waals surface area contributed by atoms with E-state index in [1.165, 1.54) is 43.3 Å². The fourth-order valence-corrected chi connectivity index (χ4v) is 3.44. The number of rotatable bonds is 8. The van der Waals surface area contributed by atoms with Crippen LogP contribution in [0.2, 0.25) is 0 Å². The Labute approximate surface area is 165 Å². The Morgan fingerprint density at radius 1 is 1.07 bits per heavy atom. The molecule has 1 amide bonds. The van der Waals surface area contributed by atoms with E-state index in [0.717, 1.165) is 4.31 Å². The van der Waals surface area contributed by atoms with Gasteiger partial charge < -0.3 is 9.64 Å². The van der Waals surface area contributed by atoms with Gasteiger partial charge in [0.05, 0.1) is 24.0 Å². The lowest BCUT2D eigenvalue weighted by Gasteiger charge is -2.22. The number of amides is 1. The SMILES string of the molecule is CCOc1ccc(N(CCC#N)C(=O)c2ccc(S(=O)(=O)N(C)C)cc2)cc1. The van der Waals surface area contributed by atoms with Crippen molar-refractivity contribution in [1.82, 2.24) is 4.31 Å². The van der Waals surface area contributed by atoms with Crippen LogP contribution < -0.4 is 9.64 Å². The molecule has 0 saturated heterocycles. The maximum atomic E-state index is 13.0. The lowest BCUT2D eigenvalue weighted by Crippen LogP contribution is -2.32. The van der Waals surface area contributed by atoms with Crippen molar-refractivity contribution in [3.63, 3.8) is 0 Å². The molecule has 0 aliphatic heterocycles. The maximum Gasteiger partial charge on any atom is 0.258 e. The van der Waals surface area contributed by atoms with Crippen LogP contribution in [0.25, 0.3) is 0 Å². The molecule has 0 radical (unpaired) electrons. The van der Waals surface area contributed by atoms with Gasteiger partial charge in [-0.15, -0.1) is 0 Å². The average Bonchev–Trinajstić information content (AvgIpc) is 2.69. The second-order valence-electron chi connectivity index (χ2n) is 6.10. The predicted octanol–water partition coefficient (Wildman–Crippen LogP) is 2.90. The highest BCUT2D eigenvalue weighted by molar-refractivity contribution is 7.89. The summed E-state index contributed by atoms with van der Waals surface area (Å²) >= 11 is 0. The second kappa shape index (κ2) is 9.35. The molecular weight excluding hydrogens is 378 g/mol. The monoisotopic (exact) mass is 401 g/mol. The first-order chi connectivity index (χ1) is 13.3. The fraction of sp³-hybridized carbons (Fsp3) is 0.300. The summed E-state index contributed by atoms with van der Waals surface area (Å²) in [4.78, 5) is 14.6. The van der Waals surface area contributed by atoms with Crippen LogP contribution in [0, 0.1) is 11.3 Å². The average molecular weight is 401 g/mol. The fourth-order valence-electron chi connectivity index (χ4n) is 2.53. The van der Waals surface area contributed by atoms with Crippen LogP contribution in [-0.2, 0) is 10.0 Å². The number of hydrogen-bond acceptors (Lipinski definition) is 5. The standard InChI is InChI=1S/C20H23N3O4S/c1-4-27-18-10-8-17(9-11-18)23(15-5-14-21)20(24)16-6-12-19(13-7-16)28(25,26)22(2)3/h6-13H,4-5,15H2,1-3H3. The lowest BCUT2D eigenvalue weighted by atomic mass is 10.1. The first-order valence-electron chi connectivity index (χ1n) is 8.75. The molecule has 2 rings (SSSR count). The van der Waals surface area contributed by atoms with Gasteiger partial charge >= 0.3 is 0 Å². The number of nitrogens with zero attached hydrogens (tertiary/aromatic N) is 3. The first-order valence-corrected chi connectivity index (χ1v) is 10.2. The first kappa shape index (κ1) is 21.4. The van der Waals surface area contributed by atoms with Gasteiger partial charge in [0, 0.05) is 31.9 Å². The van der Waals surface area contributed by atoms with E-state index >= 15 is 0 Å². The Bertz CT molecular complexity index is 946. The summed E-state index contributed by atoms with van der Waals surface area (Å²) in [5.74, 6) is 0.380. The van der Waals surface area contributed by atoms with Crippen LogP contribution in [-0.4, -0.2) is 45.9 Å². The Morgan fingerprint density at radius 2 is 1.68 bits per heavy atom. The normalized spacial score (nSPS) is 11.1. The van der Waals surface area contributed by atoms with Crippen LogP contribution in [0.3, 0.4) is 0 Å². The molecule has 0 fully saturated rings. The van der Waals surface area contributed by atoms with Crippen LogP contribution in [0.4, 0.5) is 5.69 Å². The predicted molar refractivity (Wildman–Crippen MR) is 107 cm³/mol. The summed E-state index contributed by atoms with van der Waals surface area (Å²) in [5, 5.41) is 8.93. The van der Waals surface area contributed by atoms with Gasteiger partial charge in [0.2, 0.25) is 10.0 Å². The van der Waals surface area contributed by atoms with E-state index < -0.39 is 10.0 Å². The molecule has 2 aromatic carbocycles. The van der Waals surface area contributed by atoms with Gasteiger partial charge in [-0.05, 0) is 55.5 Å². The molecule has 0 aliphatic carbocycles. The maximum absolute atomic E-state index is 13.0. The number of carbonyl (C=O) groups excluding carboxylic acids is 1. The zero-order valence-corrected chi connectivity index (χ0v) is 16.9. The highest BCUT2D eigenvalue weighted by Crippen LogP contribution is 2.22. The summed E-state index contributed by atoms with van der Waals surface area (Å²) in [5.41, 5.74) is 0.971. The number of benzene rings is 2. The molecule has 7 nitrogen and oxygen atoms in total. The minimum absolute atomic E-state index is 0.110. The largest absolute Gasteiger partial charge is 0.494 e. The minimum Gasteiger partial charge on any atom is -0.494 e. The Kier molecular flexibility index (Phi) is 7.15. The summed E-state index contributed by atoms with van der Waals surface area (Å²) in [6, 6.07) is 14.8. The van der Waals surface area contributed by atoms with Crippen molar-refractivity contribution in [3.05, 3.63) is 54.1 Å². The molecule has 2 aromatic rings. The van der Waals surface area contributed by atoms with Crippen LogP contribution in [0.15, 0.2) is 53.4 Å². The molecule has 0 heterocycles. The zero-order chi connectivity index (χ0) is 20.7. The third kappa shape index (κ3) is 4.88. The molecule has 148 valence electrons. The van der Waals surface area contributed by atoms with E-state index in [-0.39, 0.29) is 23.8 Å². The lowest BCUT2D eigenvalue weighted by molar-refractivity contribution is 0.0987. The summed E-state index contributed by atoms with van der Waals surface area (Å²) in [7, 11) is -0.668. The number of anilines is 1. The van der Waals surface area contributed by atoms with Crippen molar-refractivity contribution in [2.45, 2.75) is 18.2 Å². The summed E-state index contributed by atoms with van der Waals surface area (Å²) in [6.45, 7) is 2.65. The molecular formula is C20H23N3O4S. The number of carbonyl (C=O) groups is 1. The van der Waals surface area contributed by atoms with E-state index in [9.17, 15) is 13.2 Å². The molecule has 0 unspecified atom stereocenters. The molecule has 0 bridgehead atoms. The van der Waals surface area contributed by atoms with E-state index in [1.54, 1.807) is 24.3 Å². The van der Waals surface area contributed by atoms with Gasteiger partial charge in [-0.1, -0.05) is 0 Å². The number of ether oxygens (including phenoxy) is 1. The number of sulfonamides is 1. The van der Waals surface area contributed by atoms with E-state index in [1.807, 2.05) is 13.0 Å². The van der Waals surface area contributed by atoms with Crippen molar-refractivity contribution in [1.29, 1.82) is 5.26 Å². The van der Waals surface area contributed by atoms with Crippen LogP contribution >= 0.6 is 0 Å². The van der Waals surface area contributed by atoms with Crippen LogP contribution in [0.5, 0.6) is 5.75 Å². The highest BCUT2D eigenvalue weighted by atomic mass is 32.2. The van der Waals surface area contributed by atoms with E-state index in [4.69, 9.17) is 10.00 Å². The molecule has 8 heteroatoms. The van der Waals surface area contributed by atoms with Crippen LogP contribution in [0.1, 0.15) is 23.7 Å². The van der Waals surface area contributed by atoms with E-state index in [2.05, 4.69) is 0 Å². The highest BCUT2D eigenvalue weighted by Gasteiger charge is 2.20. The van der Waals surface area contributed by atoms with Crippen molar-refractivity contribution < 1.29 is 17.9 Å². The molecule has 0 spiro atoms. The van der Waals surface area contributed by atoms with Gasteiger partial charge in [-0.3, -0.25) is 4.79 Å². The van der Waals surface area contributed by atoms with Crippen molar-refractivity contribution in [2.75, 3.05) is 32.1 Å². The van der Waals surface area contributed by atoms with Crippen molar-refractivity contribution in [3.8, 4) is 11.8 Å². The van der Waals surface area contributed by atoms with E-state index in [0.29, 0.717) is 23.6 Å². The molecule has 0 aliphatic rings. The third-order valence-corrected chi connectivity index (χ3v) is 5.86. The quantitative estimate of drug-likeness (QED) is 0.678.